The number of nitrogens with two attached hydrogens (primary N) is 1. The third kappa shape index (κ3) is 15.5. The van der Waals surface area contributed by atoms with Crippen LogP contribution >= 0.6 is 0 Å². The number of rotatable bonds is 12. The molecule has 3 N–H and O–H groups in total. The Hall–Kier alpha value is -3.20. The predicted molar refractivity (Wildman–Crippen MR) is 162 cm³/mol. The highest BCUT2D eigenvalue weighted by Crippen LogP contribution is 2.04. The largest absolute Gasteiger partial charge is 0.330 e. The van der Waals surface area contributed by atoms with Crippen molar-refractivity contribution < 1.29 is 0 Å². The maximum Gasteiger partial charge on any atom is -0.000835 e. The van der Waals surface area contributed by atoms with Gasteiger partial charge in [0.2, 0.25) is 0 Å². The normalized spacial score (nSPS) is 10.0. The Kier molecular flexibility index (Phi) is 17.0. The van der Waals surface area contributed by atoms with Crippen molar-refractivity contribution in [2.24, 2.45) is 5.73 Å². The first-order valence-corrected chi connectivity index (χ1v) is 13.9. The van der Waals surface area contributed by atoms with Crippen molar-refractivity contribution in [1.82, 2.24) is 5.32 Å². The van der Waals surface area contributed by atoms with E-state index >= 15 is 0 Å². The number of hydrogen-bond acceptors (Lipinski definition) is 2. The average molecular weight is 495 g/mol. The summed E-state index contributed by atoms with van der Waals surface area (Å²) in [5, 5.41) is 3.50. The van der Waals surface area contributed by atoms with E-state index in [1.54, 1.807) is 0 Å². The summed E-state index contributed by atoms with van der Waals surface area (Å²) >= 11 is 0. The first kappa shape index (κ1) is 30.0. The standard InChI is InChI=1S/C17H21N.C10H14.C8H11N/c1-3-8-16(9-4-1)12-7-14-18-15-13-17-10-5-2-6-11-17;1-2-3-7-10-8-5-4-6-9-10;9-7-6-8-4-2-1-3-5-8/h1-6,8-11,18H,7,12-15H2;4-6,8-9H,2-3,7H2,1H3;1-5H,6-7,9H2. The van der Waals surface area contributed by atoms with E-state index in [2.05, 4.69) is 115 Å². The molecule has 0 saturated carbocycles. The molecule has 2 nitrogen and oxygen atoms in total. The first-order chi connectivity index (χ1) is 18.3. The van der Waals surface area contributed by atoms with E-state index in [1.807, 2.05) is 18.2 Å². The second-order valence-electron chi connectivity index (χ2n) is 9.19. The second-order valence-corrected chi connectivity index (χ2v) is 9.19. The average Bonchev–Trinajstić information content (AvgIpc) is 2.97. The van der Waals surface area contributed by atoms with E-state index < -0.39 is 0 Å². The highest BCUT2D eigenvalue weighted by Gasteiger charge is 1.93. The smallest absolute Gasteiger partial charge is 0.000835 e. The molecule has 0 spiro atoms. The Labute approximate surface area is 226 Å². The van der Waals surface area contributed by atoms with Gasteiger partial charge in [0.05, 0.1) is 0 Å². The van der Waals surface area contributed by atoms with Crippen LogP contribution in [-0.4, -0.2) is 19.6 Å². The van der Waals surface area contributed by atoms with Crippen LogP contribution in [0.3, 0.4) is 0 Å². The maximum atomic E-state index is 5.36. The van der Waals surface area contributed by atoms with E-state index in [4.69, 9.17) is 5.73 Å². The fraction of sp³-hybridized carbons (Fsp3) is 0.314. The molecule has 0 atom stereocenters. The van der Waals surface area contributed by atoms with Crippen molar-refractivity contribution >= 4 is 0 Å². The van der Waals surface area contributed by atoms with Crippen molar-refractivity contribution in [3.8, 4) is 0 Å². The zero-order valence-electron chi connectivity index (χ0n) is 22.7. The summed E-state index contributed by atoms with van der Waals surface area (Å²) in [7, 11) is 0. The van der Waals surface area contributed by atoms with Gasteiger partial charge >= 0.3 is 0 Å². The molecule has 0 radical (unpaired) electrons. The predicted octanol–water partition coefficient (Wildman–Crippen LogP) is 7.67. The van der Waals surface area contributed by atoms with Gasteiger partial charge in [0.15, 0.2) is 0 Å². The minimum atomic E-state index is 0.740. The van der Waals surface area contributed by atoms with Crippen LogP contribution in [0, 0.1) is 0 Å². The van der Waals surface area contributed by atoms with E-state index in [0.29, 0.717) is 0 Å². The topological polar surface area (TPSA) is 38.0 Å². The van der Waals surface area contributed by atoms with Gasteiger partial charge in [-0.3, -0.25) is 0 Å². The highest BCUT2D eigenvalue weighted by molar-refractivity contribution is 5.16. The van der Waals surface area contributed by atoms with Gasteiger partial charge in [-0.1, -0.05) is 135 Å². The molecular formula is C35H46N2. The molecule has 2 heteroatoms. The van der Waals surface area contributed by atoms with Crippen molar-refractivity contribution in [1.29, 1.82) is 0 Å². The molecule has 0 aromatic heterocycles. The SMILES string of the molecule is CCCCc1ccccc1.NCCc1ccccc1.c1ccc(CCCNCCc2ccccc2)cc1. The number of aryl methyl sites for hydroxylation is 2. The summed E-state index contributed by atoms with van der Waals surface area (Å²) in [5.74, 6) is 0. The van der Waals surface area contributed by atoms with E-state index in [9.17, 15) is 0 Å². The summed E-state index contributed by atoms with van der Waals surface area (Å²) in [6.45, 7) is 5.13. The van der Waals surface area contributed by atoms with Crippen LogP contribution in [0.4, 0.5) is 0 Å². The van der Waals surface area contributed by atoms with E-state index in [0.717, 1.165) is 32.5 Å². The van der Waals surface area contributed by atoms with Crippen molar-refractivity contribution in [3.63, 3.8) is 0 Å². The van der Waals surface area contributed by atoms with Gasteiger partial charge in [-0.2, -0.15) is 0 Å². The summed E-state index contributed by atoms with van der Waals surface area (Å²) in [6.07, 6.45) is 8.31. The lowest BCUT2D eigenvalue weighted by Crippen LogP contribution is -2.18. The molecule has 4 rings (SSSR count). The van der Waals surface area contributed by atoms with Crippen molar-refractivity contribution in [2.45, 2.75) is 51.9 Å². The Balaban J connectivity index is 0.000000214. The molecule has 0 unspecified atom stereocenters. The lowest BCUT2D eigenvalue weighted by molar-refractivity contribution is 0.647. The number of nitrogens with one attached hydrogen (secondary N) is 1. The molecule has 0 saturated heterocycles. The minimum Gasteiger partial charge on any atom is -0.330 e. The molecule has 0 heterocycles. The van der Waals surface area contributed by atoms with Gasteiger partial charge in [-0.05, 0) is 80.4 Å². The van der Waals surface area contributed by atoms with Crippen LogP contribution in [-0.2, 0) is 25.7 Å². The molecule has 4 aromatic carbocycles. The maximum absolute atomic E-state index is 5.36. The molecular weight excluding hydrogens is 448 g/mol. The van der Waals surface area contributed by atoms with Gasteiger partial charge in [0.1, 0.15) is 0 Å². The van der Waals surface area contributed by atoms with Gasteiger partial charge in [0, 0.05) is 0 Å². The van der Waals surface area contributed by atoms with Gasteiger partial charge in [0.25, 0.3) is 0 Å². The minimum absolute atomic E-state index is 0.740. The Morgan fingerprint density at radius 1 is 0.459 bits per heavy atom. The number of hydrogen-bond donors (Lipinski definition) is 2. The number of unbranched alkanes of at least 4 members (excludes halogenated alkanes) is 1. The Bertz CT molecular complexity index is 959. The van der Waals surface area contributed by atoms with Gasteiger partial charge in [-0.25, -0.2) is 0 Å². The molecule has 0 aliphatic rings. The molecule has 37 heavy (non-hydrogen) atoms. The molecule has 0 aliphatic heterocycles. The zero-order valence-corrected chi connectivity index (χ0v) is 22.7. The molecule has 196 valence electrons. The fourth-order valence-electron chi connectivity index (χ4n) is 3.90. The van der Waals surface area contributed by atoms with E-state index in [1.165, 1.54) is 54.4 Å². The Morgan fingerprint density at radius 3 is 1.24 bits per heavy atom. The monoisotopic (exact) mass is 494 g/mol. The third-order valence-electron chi connectivity index (χ3n) is 6.03. The zero-order chi connectivity index (χ0) is 26.2. The lowest BCUT2D eigenvalue weighted by Gasteiger charge is -2.05. The quantitative estimate of drug-likeness (QED) is 0.198. The summed E-state index contributed by atoms with van der Waals surface area (Å²) in [6, 6.07) is 42.2. The Morgan fingerprint density at radius 2 is 0.838 bits per heavy atom. The van der Waals surface area contributed by atoms with E-state index in [-0.39, 0.29) is 0 Å². The third-order valence-corrected chi connectivity index (χ3v) is 6.03. The lowest BCUT2D eigenvalue weighted by atomic mass is 10.1. The molecule has 4 aromatic rings. The van der Waals surface area contributed by atoms with Crippen LogP contribution in [0.15, 0.2) is 121 Å². The van der Waals surface area contributed by atoms with Crippen molar-refractivity contribution in [2.75, 3.05) is 19.6 Å². The van der Waals surface area contributed by atoms with Crippen LogP contribution < -0.4 is 11.1 Å². The summed E-state index contributed by atoms with van der Waals surface area (Å²) in [4.78, 5) is 0. The van der Waals surface area contributed by atoms with Crippen LogP contribution in [0.25, 0.3) is 0 Å². The number of benzene rings is 4. The van der Waals surface area contributed by atoms with Crippen LogP contribution in [0.2, 0.25) is 0 Å². The van der Waals surface area contributed by atoms with Crippen LogP contribution in [0.5, 0.6) is 0 Å². The molecule has 0 aliphatic carbocycles. The fourth-order valence-corrected chi connectivity index (χ4v) is 3.90. The highest BCUT2D eigenvalue weighted by atomic mass is 14.8. The summed E-state index contributed by atoms with van der Waals surface area (Å²) < 4.78 is 0. The molecule has 0 bridgehead atoms. The summed E-state index contributed by atoms with van der Waals surface area (Å²) in [5.41, 5.74) is 11.0. The van der Waals surface area contributed by atoms with Gasteiger partial charge < -0.3 is 11.1 Å². The van der Waals surface area contributed by atoms with Gasteiger partial charge in [-0.15, -0.1) is 0 Å². The van der Waals surface area contributed by atoms with Crippen LogP contribution in [0.1, 0.15) is 48.4 Å². The molecule has 0 amide bonds. The second kappa shape index (κ2) is 20.9. The first-order valence-electron chi connectivity index (χ1n) is 13.9. The molecule has 0 fully saturated rings. The van der Waals surface area contributed by atoms with Crippen molar-refractivity contribution in [3.05, 3.63) is 144 Å².